The summed E-state index contributed by atoms with van der Waals surface area (Å²) in [6.07, 6.45) is 14.5. The second-order valence-corrected chi connectivity index (χ2v) is 26.2. The first-order valence-electron chi connectivity index (χ1n) is 29.8. The van der Waals surface area contributed by atoms with E-state index in [1.807, 2.05) is 0 Å². The van der Waals surface area contributed by atoms with Crippen LogP contribution in [0, 0.1) is 0 Å². The van der Waals surface area contributed by atoms with Gasteiger partial charge in [0.05, 0.1) is 91.1 Å². The number of aromatic nitrogens is 20. The molecule has 11 N–H and O–H groups in total. The molecule has 2 aliphatic heterocycles. The zero-order valence-corrected chi connectivity index (χ0v) is 64.9. The van der Waals surface area contributed by atoms with Crippen LogP contribution in [0.4, 0.5) is 29.1 Å². The summed E-state index contributed by atoms with van der Waals surface area (Å²) in [6, 6.07) is 13.7. The molecule has 0 aliphatic carbocycles. The van der Waals surface area contributed by atoms with Crippen molar-refractivity contribution in [1.29, 1.82) is 0 Å². The number of benzene rings is 2. The molecule has 14 rings (SSSR count). The van der Waals surface area contributed by atoms with Crippen LogP contribution in [0.15, 0.2) is 112 Å². The van der Waals surface area contributed by atoms with Crippen LogP contribution in [0.5, 0.6) is 11.5 Å². The number of anilines is 5. The van der Waals surface area contributed by atoms with Crippen molar-refractivity contribution in [2.24, 2.45) is 0 Å². The molecule has 0 radical (unpaired) electrons. The van der Waals surface area contributed by atoms with Gasteiger partial charge in [-0.3, -0.25) is 27.4 Å². The first-order valence-corrected chi connectivity index (χ1v) is 36.6. The second kappa shape index (κ2) is 42.0. The third-order valence-electron chi connectivity index (χ3n) is 13.2. The number of carbonyl (C=O) groups excluding carboxylic acids is 2. The van der Waals surface area contributed by atoms with Gasteiger partial charge in [-0.25, -0.2) is 84.3 Å². The van der Waals surface area contributed by atoms with Crippen LogP contribution in [0.25, 0.3) is 55.8 Å². The number of imidazole rings is 5. The van der Waals surface area contributed by atoms with E-state index in [9.17, 15) is 23.9 Å². The van der Waals surface area contributed by atoms with Crippen molar-refractivity contribution in [3.63, 3.8) is 0 Å². The SMILES string of the molecule is Nc1ncnc2c1ncn2COCCO.Nc1ncnc2c1ncn2COCCOP([O-])(=S)OCCOCn1cnc2c(N)ncnc21.Nc1ncnc2c1ncn2COCCOP1OC(=O)c2ccccc2O1.Nc1ncnc2c1ncn2COCCO[P+](=O)[O-].O=C1OP(Cl)Oc2ccccc21.[Na+].[Na+]. The van der Waals surface area contributed by atoms with Gasteiger partial charge in [-0.2, -0.15) is 0 Å². The van der Waals surface area contributed by atoms with E-state index in [2.05, 4.69) is 83.8 Å². The Bertz CT molecular complexity index is 4840. The Balaban J connectivity index is 0.000000174. The van der Waals surface area contributed by atoms with Crippen LogP contribution in [0.3, 0.4) is 0 Å². The number of nitrogens with two attached hydrogens (primary N) is 5. The van der Waals surface area contributed by atoms with Crippen molar-refractivity contribution in [2.45, 2.75) is 33.7 Å². The van der Waals surface area contributed by atoms with E-state index in [1.165, 1.54) is 50.6 Å². The van der Waals surface area contributed by atoms with Crippen molar-refractivity contribution in [2.75, 3.05) is 94.7 Å². The summed E-state index contributed by atoms with van der Waals surface area (Å²) in [5, 5.41) is 8.56. The first-order chi connectivity index (χ1) is 50.4. The first kappa shape index (κ1) is 83.8. The molecule has 0 spiro atoms. The largest absolute Gasteiger partial charge is 1.00 e. The molecule has 12 heterocycles. The van der Waals surface area contributed by atoms with Crippen LogP contribution in [-0.4, -0.2) is 181 Å². The quantitative estimate of drug-likeness (QED) is 0.0160. The van der Waals surface area contributed by atoms with Gasteiger partial charge < -0.3 is 94.4 Å². The minimum absolute atomic E-state index is 0. The fraction of sp³-hybridized carbons (Fsp3) is 0.278. The molecule has 12 aromatic rings. The minimum atomic E-state index is -3.67. The van der Waals surface area contributed by atoms with Gasteiger partial charge in [0.15, 0.2) is 57.3 Å². The Morgan fingerprint density at radius 2 is 0.783 bits per heavy atom. The summed E-state index contributed by atoms with van der Waals surface area (Å²) >= 11 is 10.4. The minimum Gasteiger partial charge on any atom is -0.780 e. The number of rotatable bonds is 28. The summed E-state index contributed by atoms with van der Waals surface area (Å²) in [5.74, 6) is 1.61. The van der Waals surface area contributed by atoms with Crippen molar-refractivity contribution < 1.29 is 148 Å². The third kappa shape index (κ3) is 23.6. The summed E-state index contributed by atoms with van der Waals surface area (Å²) in [4.78, 5) is 106. The Morgan fingerprint density at radius 3 is 1.14 bits per heavy atom. The molecule has 0 fully saturated rings. The van der Waals surface area contributed by atoms with Gasteiger partial charge in [0.25, 0.3) is 0 Å². The van der Waals surface area contributed by atoms with Gasteiger partial charge in [0.2, 0.25) is 0 Å². The molecule has 106 heavy (non-hydrogen) atoms. The molecule has 44 nitrogen and oxygen atoms in total. The summed E-state index contributed by atoms with van der Waals surface area (Å²) in [6.45, 7) is -1.65. The van der Waals surface area contributed by atoms with E-state index in [0.717, 1.165) is 0 Å². The number of hydrogen-bond donors (Lipinski definition) is 6. The molecule has 0 saturated carbocycles. The molecule has 10 aromatic heterocycles. The van der Waals surface area contributed by atoms with E-state index in [4.69, 9.17) is 108 Å². The molecule has 52 heteroatoms. The summed E-state index contributed by atoms with van der Waals surface area (Å²) < 4.78 is 85.7. The maximum atomic E-state index is 12.2. The summed E-state index contributed by atoms with van der Waals surface area (Å²) in [7, 11) is -6.20. The molecular formula is C54H59ClN25Na2O19P4S+. The van der Waals surface area contributed by atoms with E-state index in [1.54, 1.807) is 84.0 Å². The number of carbonyl (C=O) groups is 2. The topological polar surface area (TPSA) is 586 Å². The Morgan fingerprint density at radius 1 is 0.462 bits per heavy atom. The maximum Gasteiger partial charge on any atom is 1.00 e. The fourth-order valence-corrected chi connectivity index (χ4v) is 11.8. The van der Waals surface area contributed by atoms with E-state index < -0.39 is 43.2 Å². The smallest absolute Gasteiger partial charge is 0.780 e. The molecule has 0 amide bonds. The maximum absolute atomic E-state index is 12.2. The van der Waals surface area contributed by atoms with Crippen molar-refractivity contribution in [3.8, 4) is 11.5 Å². The predicted molar refractivity (Wildman–Crippen MR) is 366 cm³/mol. The average molecular weight is 1600 g/mol. The number of para-hydroxylation sites is 2. The van der Waals surface area contributed by atoms with Crippen LogP contribution in [-0.2, 0) is 101 Å². The van der Waals surface area contributed by atoms with E-state index in [-0.39, 0.29) is 170 Å². The van der Waals surface area contributed by atoms with Crippen LogP contribution in [0.2, 0.25) is 0 Å². The zero-order valence-electron chi connectivity index (χ0n) is 55.7. The van der Waals surface area contributed by atoms with E-state index in [0.29, 0.717) is 95.9 Å². The number of nitrogen functional groups attached to an aromatic ring is 5. The van der Waals surface area contributed by atoms with Gasteiger partial charge in [-0.05, 0) is 40.1 Å². The van der Waals surface area contributed by atoms with Gasteiger partial charge in [0.1, 0.15) is 129 Å². The molecule has 2 aliphatic rings. The molecular weight excluding hydrogens is 1540 g/mol. The van der Waals surface area contributed by atoms with Gasteiger partial charge >= 0.3 is 95.6 Å². The molecule has 3 atom stereocenters. The zero-order chi connectivity index (χ0) is 73.4. The number of hydrogen-bond acceptors (Lipinski definition) is 40. The summed E-state index contributed by atoms with van der Waals surface area (Å²) in [5.41, 5.74) is 34.7. The Kier molecular flexibility index (Phi) is 33.2. The number of aliphatic hydroxyl groups excluding tert-OH is 1. The number of halogens is 1. The van der Waals surface area contributed by atoms with Crippen LogP contribution >= 0.6 is 42.5 Å². The van der Waals surface area contributed by atoms with E-state index >= 15 is 0 Å². The van der Waals surface area contributed by atoms with Crippen molar-refractivity contribution in [1.82, 2.24) is 97.6 Å². The molecule has 3 unspecified atom stereocenters. The van der Waals surface area contributed by atoms with Gasteiger partial charge in [-0.15, -0.1) is 4.52 Å². The Labute approximate surface area is 654 Å². The van der Waals surface area contributed by atoms with Crippen molar-refractivity contribution in [3.05, 3.63) is 123 Å². The standard InChI is InChI=1S/C16H21N10O5PS.C15H14N5O5P.C8H10N5O4P.C8H11N5O2.C7H4ClO3P.2Na/c17-13-11-15(21-5-19-13)25(7-23-11)9-28-1-3-30-32(27,33)31-4-2-29-10-26-8-24-12-14(18)20-6-22-16(12)26;16-13-12-14(18-7-17-13)20(8-19-12)9-22-5-6-23-26-24-11-4-2-1-3-10(11)15(21)25-26;9-7-6-8(11-3-10-7)13(4-12-6)5-16-1-2-17-18(14)15;9-7-6-8(11-3-10-7)13(4-12-6)5-15-2-1-14;8-12-10-6-4-2-1-3-5(6)7(9)11-12;;/h5-8H,1-4,9-10H2,(H,27,33)(H2,17,19,21)(H2,18,20,22);1-4,7-8H,5-6,9H2,(H2,16,17,18);3-4H,1-2,5H2,(H2,9,10,11);3-4,14H,1-2,5H2,(H2,9,10,11);1-4H;;/q;;;;;2*+1/p-1. The average Bonchev–Trinajstić information content (AvgIpc) is 1.04. The van der Waals surface area contributed by atoms with Crippen LogP contribution in [0.1, 0.15) is 20.7 Å². The molecule has 548 valence electrons. The predicted octanol–water partition coefficient (Wildman–Crippen LogP) is -3.23. The second-order valence-electron chi connectivity index (χ2n) is 20.0. The fourth-order valence-electron chi connectivity index (χ4n) is 8.55. The molecule has 0 bridgehead atoms. The normalized spacial score (nSPS) is 13.7. The monoisotopic (exact) mass is 1600 g/mol. The molecule has 0 saturated heterocycles. The van der Waals surface area contributed by atoms with Gasteiger partial charge in [0, 0.05) is 0 Å². The number of aliphatic hydroxyl groups is 1. The van der Waals surface area contributed by atoms with Crippen molar-refractivity contribution >= 4 is 151 Å². The Hall–Kier alpha value is -7.85. The number of ether oxygens (including phenoxy) is 5. The number of fused-ring (bicyclic) bond motifs is 7. The van der Waals surface area contributed by atoms with Gasteiger partial charge in [-0.1, -0.05) is 36.1 Å². The molecule has 2 aromatic carbocycles. The van der Waals surface area contributed by atoms with Crippen LogP contribution < -0.4 is 107 Å². The number of nitrogens with zero attached hydrogens (tertiary/aromatic N) is 20. The third-order valence-corrected chi connectivity index (χ3v) is 17.3.